The van der Waals surface area contributed by atoms with Crippen LogP contribution >= 0.6 is 0 Å². The van der Waals surface area contributed by atoms with Gasteiger partial charge in [0.15, 0.2) is 0 Å². The summed E-state index contributed by atoms with van der Waals surface area (Å²) in [5.41, 5.74) is 4.99. The number of nitrogens with zero attached hydrogens (tertiary/aromatic N) is 2. The van der Waals surface area contributed by atoms with Crippen LogP contribution in [-0.4, -0.2) is 21.6 Å². The molecule has 0 aromatic heterocycles. The molecule has 0 fully saturated rings. The van der Waals surface area contributed by atoms with Crippen LogP contribution in [0.15, 0.2) is 12.1 Å². The Morgan fingerprint density at radius 2 is 0.857 bits per heavy atom. The van der Waals surface area contributed by atoms with Crippen molar-refractivity contribution in [2.45, 2.75) is 107 Å². The molecule has 0 atom stereocenters. The molecule has 0 radical (unpaired) electrons. The summed E-state index contributed by atoms with van der Waals surface area (Å²) >= 11 is 0. The number of hydrogen-bond acceptors (Lipinski definition) is 2. The van der Waals surface area contributed by atoms with Crippen molar-refractivity contribution in [3.8, 4) is 0 Å². The molecule has 0 N–H and O–H groups in total. The Morgan fingerprint density at radius 1 is 0.643 bits per heavy atom. The SMILES string of the molecule is CC.CCC.CCC.CCC(=O)N1Cc2cc3c(cc2C1)CN(C(=O)CC)C3. The third-order valence-electron chi connectivity index (χ3n) is 4.28. The topological polar surface area (TPSA) is 40.6 Å². The van der Waals surface area contributed by atoms with E-state index in [2.05, 4.69) is 39.8 Å². The molecule has 2 aliphatic rings. The molecule has 2 aliphatic heterocycles. The van der Waals surface area contributed by atoms with E-state index in [4.69, 9.17) is 0 Å². The predicted molar refractivity (Wildman–Crippen MR) is 119 cm³/mol. The van der Waals surface area contributed by atoms with E-state index >= 15 is 0 Å². The van der Waals surface area contributed by atoms with E-state index in [1.165, 1.54) is 35.1 Å². The van der Waals surface area contributed by atoms with Gasteiger partial charge in [0.25, 0.3) is 0 Å². The van der Waals surface area contributed by atoms with Gasteiger partial charge in [0, 0.05) is 39.0 Å². The second-order valence-corrected chi connectivity index (χ2v) is 7.01. The molecule has 2 amide bonds. The lowest BCUT2D eigenvalue weighted by Crippen LogP contribution is -2.24. The molecule has 2 heterocycles. The fourth-order valence-corrected chi connectivity index (χ4v) is 3.11. The number of carbonyl (C=O) groups is 2. The molecular formula is C24H42N2O2. The van der Waals surface area contributed by atoms with E-state index in [1.54, 1.807) is 0 Å². The Labute approximate surface area is 173 Å². The molecule has 3 rings (SSSR count). The monoisotopic (exact) mass is 390 g/mol. The molecular weight excluding hydrogens is 348 g/mol. The first-order valence-electron chi connectivity index (χ1n) is 11.1. The predicted octanol–water partition coefficient (Wildman–Crippen LogP) is 6.05. The number of carbonyl (C=O) groups excluding carboxylic acids is 2. The summed E-state index contributed by atoms with van der Waals surface area (Å²) in [7, 11) is 0. The van der Waals surface area contributed by atoms with E-state index in [0.29, 0.717) is 12.8 Å². The van der Waals surface area contributed by atoms with Crippen molar-refractivity contribution < 1.29 is 9.59 Å². The minimum atomic E-state index is 0.212. The van der Waals surface area contributed by atoms with E-state index in [9.17, 15) is 9.59 Å². The summed E-state index contributed by atoms with van der Waals surface area (Å²) in [6.45, 7) is 19.2. The fraction of sp³-hybridized carbons (Fsp3) is 0.667. The van der Waals surface area contributed by atoms with Gasteiger partial charge in [-0.05, 0) is 22.3 Å². The summed E-state index contributed by atoms with van der Waals surface area (Å²) in [6.07, 6.45) is 3.62. The highest BCUT2D eigenvalue weighted by Gasteiger charge is 2.28. The maximum atomic E-state index is 11.8. The van der Waals surface area contributed by atoms with Crippen molar-refractivity contribution in [2.24, 2.45) is 0 Å². The zero-order valence-electron chi connectivity index (χ0n) is 19.5. The Hall–Kier alpha value is -1.84. The van der Waals surface area contributed by atoms with Gasteiger partial charge in [-0.25, -0.2) is 0 Å². The maximum absolute atomic E-state index is 11.8. The van der Waals surface area contributed by atoms with Gasteiger partial charge in [0.05, 0.1) is 0 Å². The largest absolute Gasteiger partial charge is 0.334 e. The first kappa shape index (κ1) is 26.2. The Bertz CT molecular complexity index is 527. The highest BCUT2D eigenvalue weighted by Crippen LogP contribution is 2.31. The molecule has 28 heavy (non-hydrogen) atoms. The number of hydrogen-bond donors (Lipinski definition) is 0. The second-order valence-electron chi connectivity index (χ2n) is 7.01. The number of rotatable bonds is 2. The molecule has 0 saturated heterocycles. The molecule has 1 aromatic carbocycles. The minimum absolute atomic E-state index is 0.212. The molecule has 0 spiro atoms. The van der Waals surface area contributed by atoms with Crippen molar-refractivity contribution in [3.05, 3.63) is 34.4 Å². The first-order chi connectivity index (χ1) is 13.4. The van der Waals surface area contributed by atoms with Crippen molar-refractivity contribution in [1.29, 1.82) is 0 Å². The van der Waals surface area contributed by atoms with Crippen molar-refractivity contribution in [3.63, 3.8) is 0 Å². The van der Waals surface area contributed by atoms with Gasteiger partial charge in [0.2, 0.25) is 11.8 Å². The van der Waals surface area contributed by atoms with Gasteiger partial charge >= 0.3 is 0 Å². The summed E-state index contributed by atoms with van der Waals surface area (Å²) < 4.78 is 0. The lowest BCUT2D eigenvalue weighted by Gasteiger charge is -2.14. The van der Waals surface area contributed by atoms with Gasteiger partial charge in [-0.1, -0.05) is 80.4 Å². The maximum Gasteiger partial charge on any atom is 0.222 e. The van der Waals surface area contributed by atoms with Crippen LogP contribution < -0.4 is 0 Å². The van der Waals surface area contributed by atoms with Crippen LogP contribution in [0.5, 0.6) is 0 Å². The molecule has 4 nitrogen and oxygen atoms in total. The lowest BCUT2D eigenvalue weighted by molar-refractivity contribution is -0.132. The van der Waals surface area contributed by atoms with Crippen LogP contribution in [0.3, 0.4) is 0 Å². The molecule has 0 bridgehead atoms. The van der Waals surface area contributed by atoms with Crippen molar-refractivity contribution in [1.82, 2.24) is 9.80 Å². The zero-order chi connectivity index (χ0) is 21.7. The van der Waals surface area contributed by atoms with Gasteiger partial charge in [-0.2, -0.15) is 0 Å². The summed E-state index contributed by atoms with van der Waals surface area (Å²) in [5, 5.41) is 0. The van der Waals surface area contributed by atoms with E-state index in [1.807, 2.05) is 37.5 Å². The summed E-state index contributed by atoms with van der Waals surface area (Å²) in [6, 6.07) is 4.38. The quantitative estimate of drug-likeness (QED) is 0.617. The standard InChI is InChI=1S/C16H20N2O2.2C3H8.C2H6/c1-3-15(19)17-7-11-5-13-9-18(16(20)4-2)10-14(13)6-12(11)8-17;2*1-3-2;1-2/h5-6H,3-4,7-10H2,1-2H3;2*3H2,1-2H3;1-2H3. The van der Waals surface area contributed by atoms with Gasteiger partial charge in [-0.3, -0.25) is 9.59 Å². The molecule has 0 aliphatic carbocycles. The molecule has 4 heteroatoms. The van der Waals surface area contributed by atoms with Crippen LogP contribution in [-0.2, 0) is 35.8 Å². The van der Waals surface area contributed by atoms with E-state index in [0.717, 1.165) is 26.2 Å². The van der Waals surface area contributed by atoms with Crippen LogP contribution in [0.2, 0.25) is 0 Å². The van der Waals surface area contributed by atoms with E-state index in [-0.39, 0.29) is 11.8 Å². The molecule has 160 valence electrons. The third kappa shape index (κ3) is 7.29. The van der Waals surface area contributed by atoms with Gasteiger partial charge in [-0.15, -0.1) is 0 Å². The van der Waals surface area contributed by atoms with Crippen molar-refractivity contribution >= 4 is 11.8 Å². The normalized spacial score (nSPS) is 13.1. The zero-order valence-corrected chi connectivity index (χ0v) is 19.5. The number of benzene rings is 1. The molecule has 1 aromatic rings. The smallest absolute Gasteiger partial charge is 0.222 e. The third-order valence-corrected chi connectivity index (χ3v) is 4.28. The molecule has 0 unspecified atom stereocenters. The minimum Gasteiger partial charge on any atom is -0.334 e. The number of fused-ring (bicyclic) bond motifs is 2. The lowest BCUT2D eigenvalue weighted by atomic mass is 10.0. The van der Waals surface area contributed by atoms with Crippen molar-refractivity contribution in [2.75, 3.05) is 0 Å². The fourth-order valence-electron chi connectivity index (χ4n) is 3.11. The number of amides is 2. The summed E-state index contributed by atoms with van der Waals surface area (Å²) in [5.74, 6) is 0.424. The average Bonchev–Trinajstić information content (AvgIpc) is 3.30. The van der Waals surface area contributed by atoms with Gasteiger partial charge in [0.1, 0.15) is 0 Å². The second kappa shape index (κ2) is 14.2. The van der Waals surface area contributed by atoms with Gasteiger partial charge < -0.3 is 9.80 Å². The Balaban J connectivity index is 0.000000796. The molecule has 0 saturated carbocycles. The Kier molecular flexibility index (Phi) is 13.3. The van der Waals surface area contributed by atoms with E-state index < -0.39 is 0 Å². The summed E-state index contributed by atoms with van der Waals surface area (Å²) in [4.78, 5) is 27.4. The Morgan fingerprint density at radius 3 is 1.04 bits per heavy atom. The first-order valence-corrected chi connectivity index (χ1v) is 11.1. The van der Waals surface area contributed by atoms with Crippen LogP contribution in [0.1, 0.15) is 103 Å². The van der Waals surface area contributed by atoms with Crippen LogP contribution in [0, 0.1) is 0 Å². The average molecular weight is 391 g/mol. The van der Waals surface area contributed by atoms with Crippen LogP contribution in [0.25, 0.3) is 0 Å². The highest BCUT2D eigenvalue weighted by atomic mass is 16.2. The van der Waals surface area contributed by atoms with Crippen LogP contribution in [0.4, 0.5) is 0 Å². The highest BCUT2D eigenvalue weighted by molar-refractivity contribution is 5.77.